The van der Waals surface area contributed by atoms with Crippen molar-refractivity contribution in [3.05, 3.63) is 40.8 Å². The van der Waals surface area contributed by atoms with Crippen molar-refractivity contribution in [2.24, 2.45) is 0 Å². The predicted molar refractivity (Wildman–Crippen MR) is 77.6 cm³/mol. The Kier molecular flexibility index (Phi) is 3.90. The number of aromatic nitrogens is 2. The summed E-state index contributed by atoms with van der Waals surface area (Å²) >= 11 is 6.03. The minimum atomic E-state index is 0.593. The van der Waals surface area contributed by atoms with Crippen molar-refractivity contribution in [2.45, 2.75) is 13.8 Å². The molecule has 0 spiro atoms. The Balaban J connectivity index is 2.43. The van der Waals surface area contributed by atoms with Gasteiger partial charge in [0.2, 0.25) is 0 Å². The van der Waals surface area contributed by atoms with Crippen molar-refractivity contribution < 1.29 is 4.74 Å². The molecule has 0 aliphatic carbocycles. The molecule has 0 aliphatic rings. The molecule has 1 aromatic heterocycles. The van der Waals surface area contributed by atoms with Gasteiger partial charge in [0.15, 0.2) is 0 Å². The van der Waals surface area contributed by atoms with Crippen LogP contribution in [0.1, 0.15) is 11.4 Å². The maximum Gasteiger partial charge on any atom is 0.139 e. The molecule has 19 heavy (non-hydrogen) atoms. The van der Waals surface area contributed by atoms with E-state index in [4.69, 9.17) is 16.3 Å². The van der Waals surface area contributed by atoms with E-state index in [1.165, 1.54) is 0 Å². The molecule has 5 heteroatoms. The molecule has 2 aromatic rings. The van der Waals surface area contributed by atoms with Crippen LogP contribution in [-0.2, 0) is 0 Å². The van der Waals surface area contributed by atoms with Gasteiger partial charge in [-0.3, -0.25) is 0 Å². The van der Waals surface area contributed by atoms with E-state index in [-0.39, 0.29) is 0 Å². The van der Waals surface area contributed by atoms with Gasteiger partial charge in [-0.05, 0) is 26.0 Å². The normalized spacial score (nSPS) is 10.4. The number of rotatable bonds is 3. The Labute approximate surface area is 118 Å². The average Bonchev–Trinajstić information content (AvgIpc) is 2.41. The molecule has 0 atom stereocenters. The molecule has 100 valence electrons. The topological polar surface area (TPSA) is 38.2 Å². The maximum atomic E-state index is 6.03. The third-order valence-corrected chi connectivity index (χ3v) is 3.22. The number of hydrogen-bond acceptors (Lipinski definition) is 4. The molecule has 1 aromatic carbocycles. The van der Waals surface area contributed by atoms with Crippen LogP contribution >= 0.6 is 11.6 Å². The summed E-state index contributed by atoms with van der Waals surface area (Å²) in [5.74, 6) is 2.26. The summed E-state index contributed by atoms with van der Waals surface area (Å²) in [6.45, 7) is 3.86. The van der Waals surface area contributed by atoms with Gasteiger partial charge in [-0.2, -0.15) is 0 Å². The minimum Gasteiger partial charge on any atom is -0.495 e. The fourth-order valence-corrected chi connectivity index (χ4v) is 2.03. The number of nitrogens with zero attached hydrogens (tertiary/aromatic N) is 3. The van der Waals surface area contributed by atoms with E-state index >= 15 is 0 Å². The second kappa shape index (κ2) is 5.45. The number of methoxy groups -OCH3 is 1. The van der Waals surface area contributed by atoms with Crippen LogP contribution in [0.15, 0.2) is 24.4 Å². The van der Waals surface area contributed by atoms with Crippen LogP contribution in [0.3, 0.4) is 0 Å². The molecule has 0 fully saturated rings. The lowest BCUT2D eigenvalue weighted by Crippen LogP contribution is -2.13. The Hall–Kier alpha value is -1.81. The smallest absolute Gasteiger partial charge is 0.139 e. The Morgan fingerprint density at radius 1 is 1.26 bits per heavy atom. The molecule has 0 N–H and O–H groups in total. The number of aryl methyl sites for hydroxylation is 2. The molecule has 0 unspecified atom stereocenters. The summed E-state index contributed by atoms with van der Waals surface area (Å²) in [5, 5.41) is 0.593. The molecule has 0 bridgehead atoms. The SMILES string of the molecule is COc1cc(N(C)c2nc(C)ncc2C)ccc1Cl. The monoisotopic (exact) mass is 277 g/mol. The molecule has 0 radical (unpaired) electrons. The van der Waals surface area contributed by atoms with E-state index in [9.17, 15) is 0 Å². The number of hydrogen-bond donors (Lipinski definition) is 0. The summed E-state index contributed by atoms with van der Waals surface area (Å²) in [7, 11) is 3.56. The molecule has 2 rings (SSSR count). The zero-order chi connectivity index (χ0) is 14.0. The first-order chi connectivity index (χ1) is 9.02. The highest BCUT2D eigenvalue weighted by Gasteiger charge is 2.11. The quantitative estimate of drug-likeness (QED) is 0.860. The fourth-order valence-electron chi connectivity index (χ4n) is 1.84. The molecule has 0 amide bonds. The standard InChI is InChI=1S/C14H16ClN3O/c1-9-8-16-10(2)17-14(9)18(3)11-5-6-12(15)13(7-11)19-4/h5-8H,1-4H3. The molecule has 0 saturated carbocycles. The Bertz CT molecular complexity index is 601. The summed E-state index contributed by atoms with van der Waals surface area (Å²) in [6, 6.07) is 5.64. The third kappa shape index (κ3) is 2.79. The van der Waals surface area contributed by atoms with Crippen LogP contribution < -0.4 is 9.64 Å². The van der Waals surface area contributed by atoms with Crippen LogP contribution in [0.25, 0.3) is 0 Å². The zero-order valence-corrected chi connectivity index (χ0v) is 12.2. The molecule has 0 saturated heterocycles. The van der Waals surface area contributed by atoms with Crippen molar-refractivity contribution >= 4 is 23.1 Å². The van der Waals surface area contributed by atoms with E-state index in [2.05, 4.69) is 9.97 Å². The van der Waals surface area contributed by atoms with Gasteiger partial charge < -0.3 is 9.64 Å². The molecule has 1 heterocycles. The largest absolute Gasteiger partial charge is 0.495 e. The van der Waals surface area contributed by atoms with Crippen molar-refractivity contribution in [1.82, 2.24) is 9.97 Å². The summed E-state index contributed by atoms with van der Waals surface area (Å²) in [5.41, 5.74) is 1.98. The maximum absolute atomic E-state index is 6.03. The van der Waals surface area contributed by atoms with Gasteiger partial charge in [-0.25, -0.2) is 9.97 Å². The van der Waals surface area contributed by atoms with Gasteiger partial charge in [-0.1, -0.05) is 11.6 Å². The number of ether oxygens (including phenoxy) is 1. The highest BCUT2D eigenvalue weighted by molar-refractivity contribution is 6.32. The van der Waals surface area contributed by atoms with Gasteiger partial charge in [0.25, 0.3) is 0 Å². The van der Waals surface area contributed by atoms with E-state index in [0.29, 0.717) is 10.8 Å². The van der Waals surface area contributed by atoms with Crippen LogP contribution in [0, 0.1) is 13.8 Å². The Morgan fingerprint density at radius 3 is 2.68 bits per heavy atom. The predicted octanol–water partition coefficient (Wildman–Crippen LogP) is 3.52. The summed E-state index contributed by atoms with van der Waals surface area (Å²) in [6.07, 6.45) is 1.82. The highest BCUT2D eigenvalue weighted by atomic mass is 35.5. The lowest BCUT2D eigenvalue weighted by Gasteiger charge is -2.21. The van der Waals surface area contributed by atoms with Crippen LogP contribution in [-0.4, -0.2) is 24.1 Å². The van der Waals surface area contributed by atoms with Gasteiger partial charge in [0.1, 0.15) is 17.4 Å². The van der Waals surface area contributed by atoms with Crippen molar-refractivity contribution in [3.63, 3.8) is 0 Å². The van der Waals surface area contributed by atoms with Crippen molar-refractivity contribution in [3.8, 4) is 5.75 Å². The van der Waals surface area contributed by atoms with Gasteiger partial charge in [0.05, 0.1) is 12.1 Å². The lowest BCUT2D eigenvalue weighted by molar-refractivity contribution is 0.415. The molecule has 0 aliphatic heterocycles. The number of anilines is 2. The third-order valence-electron chi connectivity index (χ3n) is 2.91. The number of halogens is 1. The van der Waals surface area contributed by atoms with E-state index < -0.39 is 0 Å². The summed E-state index contributed by atoms with van der Waals surface area (Å²) < 4.78 is 5.23. The molecule has 4 nitrogen and oxygen atoms in total. The first-order valence-electron chi connectivity index (χ1n) is 5.90. The molecular weight excluding hydrogens is 262 g/mol. The van der Waals surface area contributed by atoms with Crippen LogP contribution in [0.4, 0.5) is 11.5 Å². The fraction of sp³-hybridized carbons (Fsp3) is 0.286. The van der Waals surface area contributed by atoms with Gasteiger partial charge in [-0.15, -0.1) is 0 Å². The van der Waals surface area contributed by atoms with Crippen molar-refractivity contribution in [2.75, 3.05) is 19.1 Å². The first-order valence-corrected chi connectivity index (χ1v) is 6.28. The average molecular weight is 278 g/mol. The van der Waals surface area contributed by atoms with Crippen molar-refractivity contribution in [1.29, 1.82) is 0 Å². The minimum absolute atomic E-state index is 0.593. The second-order valence-corrected chi connectivity index (χ2v) is 4.71. The number of benzene rings is 1. The van der Waals surface area contributed by atoms with Gasteiger partial charge >= 0.3 is 0 Å². The lowest BCUT2D eigenvalue weighted by atomic mass is 10.2. The molecular formula is C14H16ClN3O. The van der Waals surface area contributed by atoms with Crippen LogP contribution in [0.2, 0.25) is 5.02 Å². The first kappa shape index (κ1) is 13.6. The van der Waals surface area contributed by atoms with E-state index in [1.54, 1.807) is 7.11 Å². The van der Waals surface area contributed by atoms with Gasteiger partial charge in [0, 0.05) is 30.6 Å². The van der Waals surface area contributed by atoms with E-state index in [0.717, 1.165) is 22.9 Å². The zero-order valence-electron chi connectivity index (χ0n) is 11.4. The highest BCUT2D eigenvalue weighted by Crippen LogP contribution is 2.32. The second-order valence-electron chi connectivity index (χ2n) is 4.30. The van der Waals surface area contributed by atoms with E-state index in [1.807, 2.05) is 50.2 Å². The summed E-state index contributed by atoms with van der Waals surface area (Å²) in [4.78, 5) is 10.6. The van der Waals surface area contributed by atoms with Crippen LogP contribution in [0.5, 0.6) is 5.75 Å². The Morgan fingerprint density at radius 2 is 2.00 bits per heavy atom.